The number of halogens is 1. The molecule has 0 aromatic heterocycles. The van der Waals surface area contributed by atoms with Gasteiger partial charge in [0.2, 0.25) is 0 Å². The zero-order valence-electron chi connectivity index (χ0n) is 12.8. The van der Waals surface area contributed by atoms with Crippen LogP contribution in [0, 0.1) is 0 Å². The van der Waals surface area contributed by atoms with E-state index in [1.807, 2.05) is 6.92 Å². The third-order valence-corrected chi connectivity index (χ3v) is 4.20. The summed E-state index contributed by atoms with van der Waals surface area (Å²) in [6.45, 7) is 2.22. The van der Waals surface area contributed by atoms with Crippen molar-refractivity contribution in [1.29, 1.82) is 0 Å². The Bertz CT molecular complexity index is 873. The van der Waals surface area contributed by atoms with E-state index in [-0.39, 0.29) is 5.75 Å². The zero-order chi connectivity index (χ0) is 17.3. The van der Waals surface area contributed by atoms with Gasteiger partial charge >= 0.3 is 0 Å². The van der Waals surface area contributed by atoms with Crippen LogP contribution in [0.3, 0.4) is 0 Å². The van der Waals surface area contributed by atoms with Crippen molar-refractivity contribution in [2.75, 3.05) is 6.61 Å². The van der Waals surface area contributed by atoms with E-state index in [4.69, 9.17) is 4.74 Å². The Morgan fingerprint density at radius 3 is 2.58 bits per heavy atom. The molecule has 1 heterocycles. The molecule has 0 aliphatic carbocycles. The number of amides is 2. The van der Waals surface area contributed by atoms with Gasteiger partial charge in [0.25, 0.3) is 11.8 Å². The van der Waals surface area contributed by atoms with E-state index in [0.717, 1.165) is 0 Å². The number of nitrogens with one attached hydrogen (secondary N) is 1. The minimum absolute atomic E-state index is 0.00248. The zero-order valence-corrected chi connectivity index (χ0v) is 14.4. The van der Waals surface area contributed by atoms with Gasteiger partial charge in [-0.15, -0.1) is 0 Å². The van der Waals surface area contributed by atoms with Crippen molar-refractivity contribution in [3.8, 4) is 11.5 Å². The fraction of sp³-hybridized carbons (Fsp3) is 0.111. The number of hydrogen-bond donors (Lipinski definition) is 2. The van der Waals surface area contributed by atoms with Crippen LogP contribution in [0.15, 0.2) is 40.9 Å². The van der Waals surface area contributed by atoms with Crippen LogP contribution in [0.2, 0.25) is 0 Å². The molecule has 0 fully saturated rings. The average Bonchev–Trinajstić information content (AvgIpc) is 2.56. The highest BCUT2D eigenvalue weighted by Crippen LogP contribution is 2.37. The third-order valence-electron chi connectivity index (χ3n) is 3.60. The standard InChI is InChI=1S/C18H14BrNO4/c1-2-24-15-9-10(8-14(19)16(15)21)7-13-11-5-3-4-6-12(11)17(22)20-18(13)23/h3-9,21H,2H2,1H3,(H,20,22,23). The summed E-state index contributed by atoms with van der Waals surface area (Å²) in [5.41, 5.74) is 2.07. The molecule has 2 aromatic carbocycles. The molecule has 0 saturated heterocycles. The van der Waals surface area contributed by atoms with Crippen LogP contribution < -0.4 is 10.1 Å². The summed E-state index contributed by atoms with van der Waals surface area (Å²) in [5.74, 6) is -0.544. The summed E-state index contributed by atoms with van der Waals surface area (Å²) in [6.07, 6.45) is 1.66. The molecule has 2 aromatic rings. The van der Waals surface area contributed by atoms with Gasteiger partial charge in [0, 0.05) is 11.1 Å². The molecule has 3 rings (SSSR count). The molecule has 2 N–H and O–H groups in total. The van der Waals surface area contributed by atoms with E-state index in [0.29, 0.717) is 39.1 Å². The molecule has 0 atom stereocenters. The molecule has 122 valence electrons. The molecule has 1 aliphatic heterocycles. The smallest absolute Gasteiger partial charge is 0.258 e. The molecule has 0 saturated carbocycles. The van der Waals surface area contributed by atoms with Crippen LogP contribution in [0.25, 0.3) is 11.6 Å². The van der Waals surface area contributed by atoms with Crippen molar-refractivity contribution in [3.05, 3.63) is 57.6 Å². The summed E-state index contributed by atoms with van der Waals surface area (Å²) in [7, 11) is 0. The molecule has 0 radical (unpaired) electrons. The number of imide groups is 1. The lowest BCUT2D eigenvalue weighted by Gasteiger charge is -2.18. The van der Waals surface area contributed by atoms with Crippen molar-refractivity contribution in [1.82, 2.24) is 5.32 Å². The van der Waals surface area contributed by atoms with Crippen LogP contribution in [-0.4, -0.2) is 23.5 Å². The highest BCUT2D eigenvalue weighted by atomic mass is 79.9. The van der Waals surface area contributed by atoms with E-state index in [9.17, 15) is 14.7 Å². The van der Waals surface area contributed by atoms with Gasteiger partial charge < -0.3 is 9.84 Å². The van der Waals surface area contributed by atoms with Crippen molar-refractivity contribution < 1.29 is 19.4 Å². The molecule has 1 aliphatic rings. The molecular formula is C18H14BrNO4. The van der Waals surface area contributed by atoms with Gasteiger partial charge in [-0.25, -0.2) is 0 Å². The molecule has 0 spiro atoms. The topological polar surface area (TPSA) is 75.6 Å². The maximum absolute atomic E-state index is 12.2. The number of carbonyl (C=O) groups excluding carboxylic acids is 2. The van der Waals surface area contributed by atoms with Crippen LogP contribution >= 0.6 is 15.9 Å². The van der Waals surface area contributed by atoms with E-state index in [1.54, 1.807) is 42.5 Å². The number of phenols is 1. The Kier molecular flexibility index (Phi) is 4.40. The van der Waals surface area contributed by atoms with Gasteiger partial charge in [-0.3, -0.25) is 14.9 Å². The quantitative estimate of drug-likeness (QED) is 0.625. The van der Waals surface area contributed by atoms with Gasteiger partial charge in [-0.2, -0.15) is 0 Å². The molecule has 24 heavy (non-hydrogen) atoms. The summed E-state index contributed by atoms with van der Waals surface area (Å²) < 4.78 is 5.86. The maximum atomic E-state index is 12.2. The van der Waals surface area contributed by atoms with Crippen molar-refractivity contribution in [3.63, 3.8) is 0 Å². The summed E-state index contributed by atoms with van der Waals surface area (Å²) in [4.78, 5) is 24.2. The third kappa shape index (κ3) is 2.92. The van der Waals surface area contributed by atoms with Crippen molar-refractivity contribution >= 4 is 39.4 Å². The largest absolute Gasteiger partial charge is 0.503 e. The number of fused-ring (bicyclic) bond motifs is 1. The van der Waals surface area contributed by atoms with Crippen molar-refractivity contribution in [2.45, 2.75) is 6.92 Å². The second kappa shape index (κ2) is 6.49. The van der Waals surface area contributed by atoms with E-state index >= 15 is 0 Å². The fourth-order valence-corrected chi connectivity index (χ4v) is 2.99. The molecule has 2 amide bonds. The van der Waals surface area contributed by atoms with Crippen LogP contribution in [0.4, 0.5) is 0 Å². The second-order valence-corrected chi connectivity index (χ2v) is 6.02. The SMILES string of the molecule is CCOc1cc(C=C2C(=O)NC(=O)c3ccccc32)cc(Br)c1O. The number of benzene rings is 2. The molecule has 5 nitrogen and oxygen atoms in total. The van der Waals surface area contributed by atoms with Gasteiger partial charge in [-0.05, 0) is 58.3 Å². The highest BCUT2D eigenvalue weighted by Gasteiger charge is 2.26. The average molecular weight is 388 g/mol. The number of aromatic hydroxyl groups is 1. The minimum atomic E-state index is -0.458. The first kappa shape index (κ1) is 16.3. The Balaban J connectivity index is 2.13. The Morgan fingerprint density at radius 1 is 1.17 bits per heavy atom. The molecule has 0 bridgehead atoms. The first-order chi connectivity index (χ1) is 11.5. The van der Waals surface area contributed by atoms with Crippen LogP contribution in [0.5, 0.6) is 11.5 Å². The van der Waals surface area contributed by atoms with Crippen LogP contribution in [-0.2, 0) is 4.79 Å². The fourth-order valence-electron chi connectivity index (χ4n) is 2.53. The number of carbonyl (C=O) groups is 2. The normalized spacial score (nSPS) is 15.2. The minimum Gasteiger partial charge on any atom is -0.503 e. The Hall–Kier alpha value is -2.60. The molecule has 0 unspecified atom stereocenters. The molecule has 6 heteroatoms. The summed E-state index contributed by atoms with van der Waals surface area (Å²) in [5, 5.41) is 12.3. The lowest BCUT2D eigenvalue weighted by Crippen LogP contribution is -2.36. The number of phenolic OH excluding ortho intramolecular Hbond substituents is 1. The van der Waals surface area contributed by atoms with Gasteiger partial charge in [0.1, 0.15) is 0 Å². The maximum Gasteiger partial charge on any atom is 0.258 e. The number of ether oxygens (including phenoxy) is 1. The van der Waals surface area contributed by atoms with Gasteiger partial charge in [-0.1, -0.05) is 18.2 Å². The predicted octanol–water partition coefficient (Wildman–Crippen LogP) is 3.36. The first-order valence-electron chi connectivity index (χ1n) is 7.33. The number of hydrogen-bond acceptors (Lipinski definition) is 4. The van der Waals surface area contributed by atoms with Crippen LogP contribution in [0.1, 0.15) is 28.4 Å². The predicted molar refractivity (Wildman–Crippen MR) is 93.8 cm³/mol. The number of rotatable bonds is 3. The van der Waals surface area contributed by atoms with Crippen molar-refractivity contribution in [2.24, 2.45) is 0 Å². The molecular weight excluding hydrogens is 374 g/mol. The lowest BCUT2D eigenvalue weighted by molar-refractivity contribution is -0.114. The monoisotopic (exact) mass is 387 g/mol. The van der Waals surface area contributed by atoms with E-state index in [1.165, 1.54) is 0 Å². The van der Waals surface area contributed by atoms with E-state index in [2.05, 4.69) is 21.2 Å². The summed E-state index contributed by atoms with van der Waals surface area (Å²) in [6, 6.07) is 10.2. The highest BCUT2D eigenvalue weighted by molar-refractivity contribution is 9.10. The Morgan fingerprint density at radius 2 is 1.88 bits per heavy atom. The van der Waals surface area contributed by atoms with Gasteiger partial charge in [0.15, 0.2) is 11.5 Å². The first-order valence-corrected chi connectivity index (χ1v) is 8.12. The Labute approximate surface area is 147 Å². The summed E-state index contributed by atoms with van der Waals surface area (Å²) >= 11 is 3.27. The second-order valence-electron chi connectivity index (χ2n) is 5.17. The van der Waals surface area contributed by atoms with E-state index < -0.39 is 11.8 Å². The van der Waals surface area contributed by atoms with Gasteiger partial charge in [0.05, 0.1) is 11.1 Å². The lowest BCUT2D eigenvalue weighted by atomic mass is 9.93.